The molecule has 12 rings (SSSR count). The number of fused-ring (bicyclic) bond motifs is 9. The molecule has 2 aliphatic rings. The van der Waals surface area contributed by atoms with Crippen molar-refractivity contribution in [3.05, 3.63) is 222 Å². The predicted octanol–water partition coefficient (Wildman–Crippen LogP) is 14.7. The van der Waals surface area contributed by atoms with Crippen LogP contribution in [0.1, 0.15) is 22.3 Å². The Labute approximate surface area is 340 Å². The first kappa shape index (κ1) is 32.9. The summed E-state index contributed by atoms with van der Waals surface area (Å²) in [4.78, 5) is 5.27. The second-order valence-corrected chi connectivity index (χ2v) is 16.1. The van der Waals surface area contributed by atoms with Gasteiger partial charge in [-0.05, 0) is 87.5 Å². The molecular formula is C54H33NO2S. The van der Waals surface area contributed by atoms with Gasteiger partial charge in [0.1, 0.15) is 0 Å². The fourth-order valence-electron chi connectivity index (χ4n) is 9.23. The number of hydrogen-bond donors (Lipinski definition) is 0. The number of nitrogens with zero attached hydrogens (tertiary/aromatic N) is 1. The summed E-state index contributed by atoms with van der Waals surface area (Å²) in [5.41, 5.74) is 12.5. The van der Waals surface area contributed by atoms with E-state index < -0.39 is 5.41 Å². The number of benzene rings is 8. The minimum atomic E-state index is -0.536. The van der Waals surface area contributed by atoms with Crippen LogP contribution in [0.5, 0.6) is 23.0 Å². The van der Waals surface area contributed by atoms with Gasteiger partial charge in [0, 0.05) is 36.9 Å². The first-order valence-corrected chi connectivity index (χ1v) is 20.4. The molecule has 0 atom stereocenters. The molecule has 1 aliphatic heterocycles. The zero-order valence-corrected chi connectivity index (χ0v) is 32.0. The van der Waals surface area contributed by atoms with Crippen LogP contribution in [0.4, 0.5) is 0 Å². The third kappa shape index (κ3) is 4.95. The molecule has 0 radical (unpaired) electrons. The van der Waals surface area contributed by atoms with Gasteiger partial charge in [-0.3, -0.25) is 0 Å². The lowest BCUT2D eigenvalue weighted by Gasteiger charge is -2.34. The highest BCUT2D eigenvalue weighted by Crippen LogP contribution is 2.62. The Balaban J connectivity index is 1.00. The fourth-order valence-corrected chi connectivity index (χ4v) is 10.4. The molecule has 10 aromatic rings. The van der Waals surface area contributed by atoms with Crippen LogP contribution in [-0.4, -0.2) is 4.98 Å². The molecule has 58 heavy (non-hydrogen) atoms. The van der Waals surface area contributed by atoms with E-state index in [0.29, 0.717) is 17.2 Å². The Morgan fingerprint density at radius 3 is 1.83 bits per heavy atom. The van der Waals surface area contributed by atoms with E-state index in [1.165, 1.54) is 42.4 Å². The number of rotatable bonds is 5. The number of thiophene rings is 1. The monoisotopic (exact) mass is 759 g/mol. The van der Waals surface area contributed by atoms with Crippen molar-refractivity contribution in [2.24, 2.45) is 0 Å². The smallest absolute Gasteiger partial charge is 0.178 e. The molecule has 0 unspecified atom stereocenters. The van der Waals surface area contributed by atoms with Crippen LogP contribution in [0.2, 0.25) is 0 Å². The summed E-state index contributed by atoms with van der Waals surface area (Å²) in [7, 11) is 0. The lowest BCUT2D eigenvalue weighted by atomic mass is 9.68. The van der Waals surface area contributed by atoms with Crippen LogP contribution in [-0.2, 0) is 5.41 Å². The minimum absolute atomic E-state index is 0.536. The minimum Gasteiger partial charge on any atom is -0.449 e. The molecule has 0 bridgehead atoms. The molecular weight excluding hydrogens is 727 g/mol. The second-order valence-electron chi connectivity index (χ2n) is 15.0. The third-order valence-electron chi connectivity index (χ3n) is 11.8. The van der Waals surface area contributed by atoms with Crippen molar-refractivity contribution in [1.29, 1.82) is 0 Å². The fraction of sp³-hybridized carbons (Fsp3) is 0.0185. The highest BCUT2D eigenvalue weighted by Gasteiger charge is 2.48. The average molecular weight is 760 g/mol. The molecule has 272 valence electrons. The van der Waals surface area contributed by atoms with E-state index in [4.69, 9.17) is 14.5 Å². The molecule has 0 N–H and O–H groups in total. The average Bonchev–Trinajstić information content (AvgIpc) is 3.82. The van der Waals surface area contributed by atoms with Crippen molar-refractivity contribution in [2.45, 2.75) is 5.41 Å². The molecule has 4 heteroatoms. The van der Waals surface area contributed by atoms with Gasteiger partial charge in [-0.15, -0.1) is 11.3 Å². The highest BCUT2D eigenvalue weighted by atomic mass is 32.1. The van der Waals surface area contributed by atoms with E-state index in [1.807, 2.05) is 23.5 Å². The standard InChI is InChI=1S/C54H33NO2S/c1-4-14-34(15-5-1)45-30-37(35-24-26-41-40-20-11-13-23-50(40)58-51(41)33-35)31-46(55-45)36-25-28-47-49(32-36)57-53-48(56-47)29-27-44-52(53)42-21-10-12-22-43(42)54(44,38-16-6-2-7-17-38)39-18-8-3-9-19-39/h1-33H. The summed E-state index contributed by atoms with van der Waals surface area (Å²) >= 11 is 1.84. The van der Waals surface area contributed by atoms with Gasteiger partial charge in [0.25, 0.3) is 0 Å². The van der Waals surface area contributed by atoms with E-state index >= 15 is 0 Å². The van der Waals surface area contributed by atoms with Crippen molar-refractivity contribution in [3.8, 4) is 67.8 Å². The number of ether oxygens (including phenoxy) is 2. The molecule has 8 aromatic carbocycles. The lowest BCUT2D eigenvalue weighted by Crippen LogP contribution is -2.28. The van der Waals surface area contributed by atoms with Gasteiger partial charge in [-0.2, -0.15) is 0 Å². The maximum absolute atomic E-state index is 7.06. The summed E-state index contributed by atoms with van der Waals surface area (Å²) in [5.74, 6) is 2.77. The van der Waals surface area contributed by atoms with Crippen molar-refractivity contribution in [1.82, 2.24) is 4.98 Å². The zero-order chi connectivity index (χ0) is 38.2. The number of aromatic nitrogens is 1. The Morgan fingerprint density at radius 1 is 0.397 bits per heavy atom. The van der Waals surface area contributed by atoms with Crippen LogP contribution < -0.4 is 9.47 Å². The molecule has 0 spiro atoms. The normalized spacial score (nSPS) is 13.2. The number of pyridine rings is 1. The van der Waals surface area contributed by atoms with Crippen LogP contribution in [0.3, 0.4) is 0 Å². The molecule has 0 fully saturated rings. The van der Waals surface area contributed by atoms with E-state index in [2.05, 4.69) is 188 Å². The zero-order valence-electron chi connectivity index (χ0n) is 31.2. The van der Waals surface area contributed by atoms with E-state index in [9.17, 15) is 0 Å². The molecule has 0 saturated carbocycles. The van der Waals surface area contributed by atoms with E-state index in [0.717, 1.165) is 50.5 Å². The van der Waals surface area contributed by atoms with Gasteiger partial charge in [0.05, 0.1) is 16.8 Å². The molecule has 0 amide bonds. The van der Waals surface area contributed by atoms with E-state index in [-0.39, 0.29) is 0 Å². The SMILES string of the molecule is c1ccc(-c2cc(-c3ccc4c(c3)sc3ccccc34)cc(-c3ccc4c(c3)Oc3c(ccc5c3-c3ccccc3C5(c3ccccc3)c3ccccc3)O4)n2)cc1. The quantitative estimate of drug-likeness (QED) is 0.175. The van der Waals surface area contributed by atoms with Gasteiger partial charge in [0.15, 0.2) is 23.0 Å². The second kappa shape index (κ2) is 12.9. The van der Waals surface area contributed by atoms with Gasteiger partial charge in [-0.1, -0.05) is 152 Å². The predicted molar refractivity (Wildman–Crippen MR) is 237 cm³/mol. The Hall–Kier alpha value is -7.27. The van der Waals surface area contributed by atoms with Crippen LogP contribution >= 0.6 is 11.3 Å². The Morgan fingerprint density at radius 2 is 1.03 bits per heavy atom. The van der Waals surface area contributed by atoms with Gasteiger partial charge >= 0.3 is 0 Å². The molecule has 0 saturated heterocycles. The first-order valence-electron chi connectivity index (χ1n) is 19.6. The summed E-state index contributed by atoms with van der Waals surface area (Å²) in [5, 5.41) is 2.58. The lowest BCUT2D eigenvalue weighted by molar-refractivity contribution is 0.360. The van der Waals surface area contributed by atoms with Crippen LogP contribution in [0.25, 0.3) is 64.9 Å². The van der Waals surface area contributed by atoms with Crippen molar-refractivity contribution >= 4 is 31.5 Å². The molecule has 3 heterocycles. The third-order valence-corrected chi connectivity index (χ3v) is 13.0. The van der Waals surface area contributed by atoms with E-state index in [1.54, 1.807) is 0 Å². The Kier molecular flexibility index (Phi) is 7.31. The topological polar surface area (TPSA) is 31.4 Å². The van der Waals surface area contributed by atoms with Gasteiger partial charge in [0.2, 0.25) is 0 Å². The van der Waals surface area contributed by atoms with Crippen LogP contribution in [0.15, 0.2) is 200 Å². The number of hydrogen-bond acceptors (Lipinski definition) is 4. The molecule has 3 nitrogen and oxygen atoms in total. The largest absolute Gasteiger partial charge is 0.449 e. The summed E-state index contributed by atoms with van der Waals surface area (Å²) in [6.45, 7) is 0. The highest BCUT2D eigenvalue weighted by molar-refractivity contribution is 7.25. The van der Waals surface area contributed by atoms with Crippen molar-refractivity contribution in [3.63, 3.8) is 0 Å². The Bertz CT molecular complexity index is 3190. The summed E-state index contributed by atoms with van der Waals surface area (Å²) < 4.78 is 16.3. The first-order chi connectivity index (χ1) is 28.7. The summed E-state index contributed by atoms with van der Waals surface area (Å²) in [6.07, 6.45) is 0. The van der Waals surface area contributed by atoms with Gasteiger partial charge < -0.3 is 9.47 Å². The maximum atomic E-state index is 7.06. The molecule has 1 aliphatic carbocycles. The summed E-state index contributed by atoms with van der Waals surface area (Å²) in [6, 6.07) is 71.1. The van der Waals surface area contributed by atoms with Crippen LogP contribution in [0, 0.1) is 0 Å². The van der Waals surface area contributed by atoms with Crippen molar-refractivity contribution in [2.75, 3.05) is 0 Å². The molecule has 2 aromatic heterocycles. The van der Waals surface area contributed by atoms with Gasteiger partial charge in [-0.25, -0.2) is 4.98 Å². The van der Waals surface area contributed by atoms with Crippen molar-refractivity contribution < 1.29 is 9.47 Å². The maximum Gasteiger partial charge on any atom is 0.178 e.